The van der Waals surface area contributed by atoms with Crippen molar-refractivity contribution >= 4 is 11.7 Å². The summed E-state index contributed by atoms with van der Waals surface area (Å²) in [6, 6.07) is 6.34. The molecule has 0 heterocycles. The number of nitrogens with zero attached hydrogens (tertiary/aromatic N) is 1. The van der Waals surface area contributed by atoms with Crippen molar-refractivity contribution in [3.05, 3.63) is 29.8 Å². The molecule has 1 aromatic rings. The average molecular weight is 235 g/mol. The zero-order chi connectivity index (χ0) is 12.8. The van der Waals surface area contributed by atoms with Gasteiger partial charge in [-0.05, 0) is 50.6 Å². The van der Waals surface area contributed by atoms with Crippen molar-refractivity contribution in [1.29, 1.82) is 0 Å². The normalized spacial score (nSPS) is 11.4. The van der Waals surface area contributed by atoms with Crippen molar-refractivity contribution < 1.29 is 9.90 Å². The number of hydrogen-bond acceptors (Lipinski definition) is 3. The number of aromatic hydroxyl groups is 1. The molecule has 1 rings (SSSR count). The first kappa shape index (κ1) is 13.0. The third-order valence-electron chi connectivity index (χ3n) is 2.03. The largest absolute Gasteiger partial charge is 0.508 e. The predicted octanol–water partition coefficient (Wildman–Crippen LogP) is 1.82. The number of rotatable bonds is 3. The molecule has 2 amide bonds. The highest BCUT2D eigenvalue weighted by Crippen LogP contribution is 2.10. The average Bonchev–Trinajstić information content (AvgIpc) is 2.26. The summed E-state index contributed by atoms with van der Waals surface area (Å²) in [6.45, 7) is 5.52. The summed E-state index contributed by atoms with van der Waals surface area (Å²) in [5, 5.41) is 15.7. The summed E-state index contributed by atoms with van der Waals surface area (Å²) in [6.07, 6.45) is 0. The van der Waals surface area contributed by atoms with E-state index in [9.17, 15) is 4.79 Å². The van der Waals surface area contributed by atoms with Crippen LogP contribution in [0.5, 0.6) is 5.75 Å². The molecule has 0 aromatic heterocycles. The van der Waals surface area contributed by atoms with Crippen LogP contribution in [0.1, 0.15) is 26.3 Å². The lowest BCUT2D eigenvalue weighted by molar-refractivity contribution is 0.239. The van der Waals surface area contributed by atoms with Crippen LogP contribution >= 0.6 is 0 Å². The van der Waals surface area contributed by atoms with Crippen LogP contribution in [-0.4, -0.2) is 22.9 Å². The molecule has 17 heavy (non-hydrogen) atoms. The number of nitrogens with one attached hydrogen (secondary N) is 2. The van der Waals surface area contributed by atoms with Gasteiger partial charge in [0.05, 0.1) is 5.71 Å². The Balaban J connectivity index is 2.60. The molecule has 0 bridgehead atoms. The Kier molecular flexibility index (Phi) is 4.51. The molecule has 0 radical (unpaired) electrons. The van der Waals surface area contributed by atoms with Gasteiger partial charge in [-0.2, -0.15) is 5.10 Å². The zero-order valence-corrected chi connectivity index (χ0v) is 10.2. The molecule has 0 fully saturated rings. The number of carbonyl (C=O) groups excluding carboxylic acids is 1. The van der Waals surface area contributed by atoms with Gasteiger partial charge in [0, 0.05) is 6.04 Å². The molecule has 0 aliphatic heterocycles. The quantitative estimate of drug-likeness (QED) is 0.552. The van der Waals surface area contributed by atoms with E-state index in [2.05, 4.69) is 15.8 Å². The summed E-state index contributed by atoms with van der Waals surface area (Å²) in [5.41, 5.74) is 3.91. The number of benzene rings is 1. The second kappa shape index (κ2) is 5.89. The maximum atomic E-state index is 11.3. The van der Waals surface area contributed by atoms with Crippen LogP contribution in [0.2, 0.25) is 0 Å². The molecule has 92 valence electrons. The van der Waals surface area contributed by atoms with Crippen LogP contribution in [0.25, 0.3) is 0 Å². The van der Waals surface area contributed by atoms with Crippen LogP contribution in [-0.2, 0) is 0 Å². The van der Waals surface area contributed by atoms with Crippen LogP contribution in [0, 0.1) is 0 Å². The van der Waals surface area contributed by atoms with Crippen LogP contribution < -0.4 is 10.7 Å². The SMILES string of the molecule is CC(=NNC(=O)NC(C)C)c1ccc(O)cc1. The molecule has 5 nitrogen and oxygen atoms in total. The monoisotopic (exact) mass is 235 g/mol. The summed E-state index contributed by atoms with van der Waals surface area (Å²) in [7, 11) is 0. The Morgan fingerprint density at radius 2 is 1.88 bits per heavy atom. The minimum Gasteiger partial charge on any atom is -0.508 e. The molecule has 0 aliphatic rings. The number of phenolic OH excluding ortho intramolecular Hbond substituents is 1. The Morgan fingerprint density at radius 3 is 2.41 bits per heavy atom. The predicted molar refractivity (Wildman–Crippen MR) is 67.1 cm³/mol. The lowest BCUT2D eigenvalue weighted by Crippen LogP contribution is -2.37. The maximum Gasteiger partial charge on any atom is 0.335 e. The number of amides is 2. The molecule has 0 unspecified atom stereocenters. The number of hydrazone groups is 1. The zero-order valence-electron chi connectivity index (χ0n) is 10.2. The first-order valence-corrected chi connectivity index (χ1v) is 5.39. The maximum absolute atomic E-state index is 11.3. The fraction of sp³-hybridized carbons (Fsp3) is 0.333. The standard InChI is InChI=1S/C12H17N3O2/c1-8(2)13-12(17)15-14-9(3)10-4-6-11(16)7-5-10/h4-8,16H,1-3H3,(H2,13,15,17). The molecule has 5 heteroatoms. The minimum atomic E-state index is -0.335. The Labute approximate surface area is 101 Å². The first-order chi connectivity index (χ1) is 7.99. The van der Waals surface area contributed by atoms with Gasteiger partial charge in [0.1, 0.15) is 5.75 Å². The van der Waals surface area contributed by atoms with Crippen molar-refractivity contribution in [2.24, 2.45) is 5.10 Å². The van der Waals surface area contributed by atoms with Crippen LogP contribution in [0.3, 0.4) is 0 Å². The highest BCUT2D eigenvalue weighted by atomic mass is 16.3. The van der Waals surface area contributed by atoms with Crippen molar-refractivity contribution in [2.75, 3.05) is 0 Å². The number of carbonyl (C=O) groups is 1. The molecular formula is C12H17N3O2. The van der Waals surface area contributed by atoms with Crippen LogP contribution in [0.4, 0.5) is 4.79 Å². The van der Waals surface area contributed by atoms with Crippen LogP contribution in [0.15, 0.2) is 29.4 Å². The number of urea groups is 1. The summed E-state index contributed by atoms with van der Waals surface area (Å²) in [4.78, 5) is 11.3. The molecule has 0 aliphatic carbocycles. The Hall–Kier alpha value is -2.04. The number of hydrogen-bond donors (Lipinski definition) is 3. The van der Waals surface area contributed by atoms with Crippen molar-refractivity contribution in [3.63, 3.8) is 0 Å². The topological polar surface area (TPSA) is 73.7 Å². The van der Waals surface area contributed by atoms with Crippen molar-refractivity contribution in [3.8, 4) is 5.75 Å². The molecule has 0 saturated heterocycles. The van der Waals surface area contributed by atoms with E-state index < -0.39 is 0 Å². The molecule has 0 saturated carbocycles. The second-order valence-corrected chi connectivity index (χ2v) is 3.98. The van der Waals surface area contributed by atoms with Gasteiger partial charge in [-0.25, -0.2) is 10.2 Å². The molecule has 1 aromatic carbocycles. The number of phenols is 1. The third-order valence-corrected chi connectivity index (χ3v) is 2.03. The van der Waals surface area contributed by atoms with Gasteiger partial charge in [-0.15, -0.1) is 0 Å². The van der Waals surface area contributed by atoms with Gasteiger partial charge in [-0.3, -0.25) is 0 Å². The summed E-state index contributed by atoms with van der Waals surface area (Å²) < 4.78 is 0. The third kappa shape index (κ3) is 4.55. The van der Waals surface area contributed by atoms with E-state index in [0.717, 1.165) is 5.56 Å². The Morgan fingerprint density at radius 1 is 1.29 bits per heavy atom. The highest BCUT2D eigenvalue weighted by molar-refractivity contribution is 5.99. The lowest BCUT2D eigenvalue weighted by Gasteiger charge is -2.07. The molecular weight excluding hydrogens is 218 g/mol. The smallest absolute Gasteiger partial charge is 0.335 e. The van der Waals surface area contributed by atoms with E-state index in [1.54, 1.807) is 31.2 Å². The lowest BCUT2D eigenvalue weighted by atomic mass is 10.1. The second-order valence-electron chi connectivity index (χ2n) is 3.98. The van der Waals surface area contributed by atoms with E-state index in [-0.39, 0.29) is 17.8 Å². The molecule has 3 N–H and O–H groups in total. The van der Waals surface area contributed by atoms with E-state index in [1.807, 2.05) is 13.8 Å². The van der Waals surface area contributed by atoms with E-state index in [4.69, 9.17) is 5.11 Å². The Bertz CT molecular complexity index is 410. The first-order valence-electron chi connectivity index (χ1n) is 5.39. The summed E-state index contributed by atoms with van der Waals surface area (Å²) in [5.74, 6) is 0.201. The minimum absolute atomic E-state index is 0.0687. The van der Waals surface area contributed by atoms with E-state index in [1.165, 1.54) is 0 Å². The summed E-state index contributed by atoms with van der Waals surface area (Å²) >= 11 is 0. The highest BCUT2D eigenvalue weighted by Gasteiger charge is 2.01. The van der Waals surface area contributed by atoms with Gasteiger partial charge in [0.2, 0.25) is 0 Å². The van der Waals surface area contributed by atoms with Crippen molar-refractivity contribution in [1.82, 2.24) is 10.7 Å². The van der Waals surface area contributed by atoms with Gasteiger partial charge >= 0.3 is 6.03 Å². The van der Waals surface area contributed by atoms with Gasteiger partial charge in [0.25, 0.3) is 0 Å². The molecule has 0 atom stereocenters. The van der Waals surface area contributed by atoms with Gasteiger partial charge in [0.15, 0.2) is 0 Å². The molecule has 0 spiro atoms. The van der Waals surface area contributed by atoms with Gasteiger partial charge < -0.3 is 10.4 Å². The fourth-order valence-corrected chi connectivity index (χ4v) is 1.20. The van der Waals surface area contributed by atoms with Crippen molar-refractivity contribution in [2.45, 2.75) is 26.8 Å². The van der Waals surface area contributed by atoms with E-state index >= 15 is 0 Å². The fourth-order valence-electron chi connectivity index (χ4n) is 1.20. The van der Waals surface area contributed by atoms with Gasteiger partial charge in [-0.1, -0.05) is 0 Å². The van der Waals surface area contributed by atoms with E-state index in [0.29, 0.717) is 5.71 Å².